The maximum atomic E-state index is 10.5. The van der Waals surface area contributed by atoms with E-state index in [1.807, 2.05) is 0 Å². The highest BCUT2D eigenvalue weighted by atomic mass is 16.5. The van der Waals surface area contributed by atoms with E-state index < -0.39 is 5.60 Å². The summed E-state index contributed by atoms with van der Waals surface area (Å²) >= 11 is 0. The Kier molecular flexibility index (Phi) is 3.20. The van der Waals surface area contributed by atoms with Crippen LogP contribution in [0.1, 0.15) is 18.2 Å². The summed E-state index contributed by atoms with van der Waals surface area (Å²) in [5.41, 5.74) is -0.482. The van der Waals surface area contributed by atoms with Gasteiger partial charge in [-0.1, -0.05) is 0 Å². The zero-order valence-electron chi connectivity index (χ0n) is 10.4. The number of nitrogens with zero attached hydrogens (tertiary/aromatic N) is 2. The molecule has 0 amide bonds. The van der Waals surface area contributed by atoms with E-state index in [-0.39, 0.29) is 5.88 Å². The third-order valence-electron chi connectivity index (χ3n) is 2.67. The van der Waals surface area contributed by atoms with Gasteiger partial charge < -0.3 is 19.0 Å². The summed E-state index contributed by atoms with van der Waals surface area (Å²) in [6.45, 7) is 1.59. The first kappa shape index (κ1) is 12.4. The maximum Gasteiger partial charge on any atom is 0.242 e. The topological polar surface area (TPSA) is 77.6 Å². The SMILES string of the molecule is COc1cnc(C(C)(O)c2ccoc2)c(OC)n1. The number of rotatable bonds is 4. The smallest absolute Gasteiger partial charge is 0.242 e. The molecular weight excluding hydrogens is 236 g/mol. The van der Waals surface area contributed by atoms with Gasteiger partial charge in [0.15, 0.2) is 0 Å². The van der Waals surface area contributed by atoms with Crippen LogP contribution in [-0.4, -0.2) is 29.3 Å². The van der Waals surface area contributed by atoms with Crippen molar-refractivity contribution < 1.29 is 19.0 Å². The Morgan fingerprint density at radius 1 is 1.33 bits per heavy atom. The molecule has 6 heteroatoms. The fraction of sp³-hybridized carbons (Fsp3) is 0.333. The fourth-order valence-electron chi connectivity index (χ4n) is 1.61. The van der Waals surface area contributed by atoms with Crippen LogP contribution >= 0.6 is 0 Å². The predicted molar refractivity (Wildman–Crippen MR) is 62.5 cm³/mol. The summed E-state index contributed by atoms with van der Waals surface area (Å²) in [5.74, 6) is 0.527. The van der Waals surface area contributed by atoms with Gasteiger partial charge in [-0.25, -0.2) is 4.98 Å². The normalized spacial score (nSPS) is 14.0. The Morgan fingerprint density at radius 3 is 2.67 bits per heavy atom. The van der Waals surface area contributed by atoms with E-state index in [0.29, 0.717) is 17.1 Å². The zero-order valence-corrected chi connectivity index (χ0v) is 10.4. The first-order valence-corrected chi connectivity index (χ1v) is 5.30. The molecule has 0 aliphatic rings. The van der Waals surface area contributed by atoms with E-state index in [1.54, 1.807) is 13.0 Å². The summed E-state index contributed by atoms with van der Waals surface area (Å²) in [4.78, 5) is 8.23. The molecule has 0 aromatic carbocycles. The molecule has 6 nitrogen and oxygen atoms in total. The van der Waals surface area contributed by atoms with Crippen LogP contribution in [0.5, 0.6) is 11.8 Å². The maximum absolute atomic E-state index is 10.5. The van der Waals surface area contributed by atoms with Crippen molar-refractivity contribution in [3.63, 3.8) is 0 Å². The molecule has 1 unspecified atom stereocenters. The number of furan rings is 1. The van der Waals surface area contributed by atoms with Crippen molar-refractivity contribution in [1.82, 2.24) is 9.97 Å². The molecule has 1 atom stereocenters. The minimum Gasteiger partial charge on any atom is -0.480 e. The lowest BCUT2D eigenvalue weighted by atomic mass is 9.95. The molecule has 96 valence electrons. The Morgan fingerprint density at radius 2 is 2.11 bits per heavy atom. The lowest BCUT2D eigenvalue weighted by Crippen LogP contribution is -2.25. The van der Waals surface area contributed by atoms with Gasteiger partial charge >= 0.3 is 0 Å². The van der Waals surface area contributed by atoms with Crippen molar-refractivity contribution in [2.45, 2.75) is 12.5 Å². The van der Waals surface area contributed by atoms with Crippen LogP contribution in [0.25, 0.3) is 0 Å². The predicted octanol–water partition coefficient (Wildman–Crippen LogP) is 1.34. The van der Waals surface area contributed by atoms with Gasteiger partial charge in [0.05, 0.1) is 32.9 Å². The Balaban J connectivity index is 2.50. The molecule has 0 spiro atoms. The highest BCUT2D eigenvalue weighted by Gasteiger charge is 2.33. The number of ether oxygens (including phenoxy) is 2. The van der Waals surface area contributed by atoms with Crippen molar-refractivity contribution >= 4 is 0 Å². The molecule has 0 aliphatic heterocycles. The second-order valence-electron chi connectivity index (χ2n) is 3.85. The number of aromatic nitrogens is 2. The standard InChI is InChI=1S/C12H14N2O4/c1-12(15,8-4-5-18-7-8)10-11(17-3)14-9(16-2)6-13-10/h4-7,15H,1-3H3. The van der Waals surface area contributed by atoms with Crippen molar-refractivity contribution in [3.05, 3.63) is 36.0 Å². The van der Waals surface area contributed by atoms with Crippen LogP contribution in [-0.2, 0) is 5.60 Å². The molecule has 0 fully saturated rings. The van der Waals surface area contributed by atoms with Crippen molar-refractivity contribution in [2.75, 3.05) is 14.2 Å². The van der Waals surface area contributed by atoms with Crippen LogP contribution in [0, 0.1) is 0 Å². The number of hydrogen-bond acceptors (Lipinski definition) is 6. The molecule has 18 heavy (non-hydrogen) atoms. The van der Waals surface area contributed by atoms with Gasteiger partial charge in [0.25, 0.3) is 0 Å². The fourth-order valence-corrected chi connectivity index (χ4v) is 1.61. The second kappa shape index (κ2) is 4.66. The Hall–Kier alpha value is -2.08. The van der Waals surface area contributed by atoms with Crippen LogP contribution < -0.4 is 9.47 Å². The molecule has 0 radical (unpaired) electrons. The molecule has 1 N–H and O–H groups in total. The van der Waals surface area contributed by atoms with Gasteiger partial charge in [-0.2, -0.15) is 4.98 Å². The zero-order chi connectivity index (χ0) is 13.2. The van der Waals surface area contributed by atoms with E-state index in [4.69, 9.17) is 13.9 Å². The largest absolute Gasteiger partial charge is 0.480 e. The monoisotopic (exact) mass is 250 g/mol. The molecule has 0 saturated carbocycles. The summed E-state index contributed by atoms with van der Waals surface area (Å²) in [7, 11) is 2.94. The number of aliphatic hydroxyl groups is 1. The summed E-state index contributed by atoms with van der Waals surface area (Å²) in [6.07, 6.45) is 4.35. The van der Waals surface area contributed by atoms with Crippen LogP contribution in [0.3, 0.4) is 0 Å². The first-order chi connectivity index (χ1) is 8.59. The van der Waals surface area contributed by atoms with Crippen LogP contribution in [0.4, 0.5) is 0 Å². The minimum absolute atomic E-state index is 0.209. The lowest BCUT2D eigenvalue weighted by molar-refractivity contribution is 0.0919. The molecule has 0 saturated heterocycles. The van der Waals surface area contributed by atoms with Gasteiger partial charge in [-0.3, -0.25) is 0 Å². The van der Waals surface area contributed by atoms with Crippen LogP contribution in [0.15, 0.2) is 29.2 Å². The average molecular weight is 250 g/mol. The molecule has 2 aromatic rings. The molecule has 2 heterocycles. The molecule has 2 rings (SSSR count). The number of methoxy groups -OCH3 is 2. The quantitative estimate of drug-likeness (QED) is 0.882. The van der Waals surface area contributed by atoms with Crippen molar-refractivity contribution in [2.24, 2.45) is 0 Å². The van der Waals surface area contributed by atoms with Gasteiger partial charge in [0.2, 0.25) is 11.8 Å². The average Bonchev–Trinajstić information content (AvgIpc) is 2.92. The van der Waals surface area contributed by atoms with E-state index in [1.165, 1.54) is 32.9 Å². The summed E-state index contributed by atoms with van der Waals surface area (Å²) in [6, 6.07) is 1.66. The molecule has 0 aliphatic carbocycles. The molecule has 2 aromatic heterocycles. The highest BCUT2D eigenvalue weighted by Crippen LogP contribution is 2.33. The molecular formula is C12H14N2O4. The van der Waals surface area contributed by atoms with Gasteiger partial charge in [0.1, 0.15) is 11.3 Å². The van der Waals surface area contributed by atoms with Crippen molar-refractivity contribution in [3.8, 4) is 11.8 Å². The third-order valence-corrected chi connectivity index (χ3v) is 2.67. The van der Waals surface area contributed by atoms with E-state index in [0.717, 1.165) is 0 Å². The van der Waals surface area contributed by atoms with Gasteiger partial charge in [0, 0.05) is 5.56 Å². The van der Waals surface area contributed by atoms with E-state index in [9.17, 15) is 5.11 Å². The van der Waals surface area contributed by atoms with Crippen LogP contribution in [0.2, 0.25) is 0 Å². The summed E-state index contributed by atoms with van der Waals surface area (Å²) in [5, 5.41) is 10.5. The van der Waals surface area contributed by atoms with E-state index >= 15 is 0 Å². The molecule has 0 bridgehead atoms. The minimum atomic E-state index is -1.35. The summed E-state index contributed by atoms with van der Waals surface area (Å²) < 4.78 is 15.1. The number of hydrogen-bond donors (Lipinski definition) is 1. The Bertz CT molecular complexity index is 523. The first-order valence-electron chi connectivity index (χ1n) is 5.30. The highest BCUT2D eigenvalue weighted by molar-refractivity contribution is 5.35. The van der Waals surface area contributed by atoms with Gasteiger partial charge in [-0.15, -0.1) is 0 Å². The Labute approximate surface area is 104 Å². The van der Waals surface area contributed by atoms with Gasteiger partial charge in [-0.05, 0) is 13.0 Å². The second-order valence-corrected chi connectivity index (χ2v) is 3.85. The van der Waals surface area contributed by atoms with E-state index in [2.05, 4.69) is 9.97 Å². The van der Waals surface area contributed by atoms with Crippen molar-refractivity contribution in [1.29, 1.82) is 0 Å². The lowest BCUT2D eigenvalue weighted by Gasteiger charge is -2.22. The third kappa shape index (κ3) is 2.02.